The molecular weight excluding hydrogens is 234 g/mol. The van der Waals surface area contributed by atoms with Crippen LogP contribution in [-0.4, -0.2) is 20.3 Å². The average Bonchev–Trinajstić information content (AvgIpc) is 2.49. The van der Waals surface area contributed by atoms with Crippen LogP contribution in [0.1, 0.15) is 24.4 Å². The molecule has 0 aromatic heterocycles. The smallest absolute Gasteiger partial charge is 0.0512 e. The van der Waals surface area contributed by atoms with Gasteiger partial charge in [0.1, 0.15) is 0 Å². The fourth-order valence-corrected chi connectivity index (χ4v) is 3.10. The summed E-state index contributed by atoms with van der Waals surface area (Å²) in [7, 11) is 2.05. The standard InChI is InChI=1S/C17H21NO/c1-18-17(16-7-4-10-19-12-16)15-9-8-13-5-2-3-6-14(13)11-15/h2-3,5-6,8-9,11,16-18H,4,7,10,12H2,1H3. The summed E-state index contributed by atoms with van der Waals surface area (Å²) in [6.45, 7) is 1.79. The molecule has 0 spiro atoms. The Hall–Kier alpha value is -1.38. The summed E-state index contributed by atoms with van der Waals surface area (Å²) in [5.74, 6) is 0.583. The van der Waals surface area contributed by atoms with E-state index in [-0.39, 0.29) is 0 Å². The molecule has 2 nitrogen and oxygen atoms in total. The fraction of sp³-hybridized carbons (Fsp3) is 0.412. The molecule has 2 heteroatoms. The third kappa shape index (κ3) is 2.65. The molecule has 1 aliphatic heterocycles. The van der Waals surface area contributed by atoms with Crippen molar-refractivity contribution in [2.24, 2.45) is 5.92 Å². The van der Waals surface area contributed by atoms with Crippen LogP contribution in [0.15, 0.2) is 42.5 Å². The molecule has 0 amide bonds. The van der Waals surface area contributed by atoms with Gasteiger partial charge in [-0.2, -0.15) is 0 Å². The molecule has 1 aliphatic rings. The molecule has 3 rings (SSSR count). The van der Waals surface area contributed by atoms with Gasteiger partial charge in [0, 0.05) is 18.6 Å². The molecule has 19 heavy (non-hydrogen) atoms. The molecule has 0 saturated carbocycles. The van der Waals surface area contributed by atoms with E-state index in [0.29, 0.717) is 12.0 Å². The normalized spacial score (nSPS) is 21.4. The van der Waals surface area contributed by atoms with Crippen LogP contribution >= 0.6 is 0 Å². The maximum Gasteiger partial charge on any atom is 0.0512 e. The molecule has 0 aliphatic carbocycles. The first-order valence-corrected chi connectivity index (χ1v) is 7.12. The summed E-state index contributed by atoms with van der Waals surface area (Å²) >= 11 is 0. The Morgan fingerprint density at radius 2 is 2.00 bits per heavy atom. The molecule has 0 radical (unpaired) electrons. The zero-order chi connectivity index (χ0) is 13.1. The molecule has 2 aromatic carbocycles. The van der Waals surface area contributed by atoms with Crippen molar-refractivity contribution in [3.63, 3.8) is 0 Å². The maximum absolute atomic E-state index is 5.63. The van der Waals surface area contributed by atoms with Crippen LogP contribution < -0.4 is 5.32 Å². The van der Waals surface area contributed by atoms with Crippen LogP contribution in [0.25, 0.3) is 10.8 Å². The first-order valence-electron chi connectivity index (χ1n) is 7.12. The monoisotopic (exact) mass is 255 g/mol. The van der Waals surface area contributed by atoms with Crippen molar-refractivity contribution in [1.82, 2.24) is 5.32 Å². The Kier molecular flexibility index (Phi) is 3.81. The first-order chi connectivity index (χ1) is 9.38. The van der Waals surface area contributed by atoms with Crippen LogP contribution in [0, 0.1) is 5.92 Å². The molecule has 1 saturated heterocycles. The number of fused-ring (bicyclic) bond motifs is 1. The van der Waals surface area contributed by atoms with Crippen molar-refractivity contribution < 1.29 is 4.74 Å². The van der Waals surface area contributed by atoms with Gasteiger partial charge in [0.2, 0.25) is 0 Å². The van der Waals surface area contributed by atoms with E-state index in [1.165, 1.54) is 29.2 Å². The van der Waals surface area contributed by atoms with Crippen LogP contribution in [0.5, 0.6) is 0 Å². The topological polar surface area (TPSA) is 21.3 Å². The van der Waals surface area contributed by atoms with E-state index in [9.17, 15) is 0 Å². The zero-order valence-corrected chi connectivity index (χ0v) is 11.4. The van der Waals surface area contributed by atoms with E-state index >= 15 is 0 Å². The predicted octanol–water partition coefficient (Wildman–Crippen LogP) is 3.53. The van der Waals surface area contributed by atoms with Crippen molar-refractivity contribution in [2.45, 2.75) is 18.9 Å². The lowest BCUT2D eigenvalue weighted by Gasteiger charge is -2.30. The minimum Gasteiger partial charge on any atom is -0.381 e. The van der Waals surface area contributed by atoms with Gasteiger partial charge in [-0.1, -0.05) is 36.4 Å². The van der Waals surface area contributed by atoms with E-state index in [2.05, 4.69) is 54.8 Å². The highest BCUT2D eigenvalue weighted by Gasteiger charge is 2.24. The second-order valence-electron chi connectivity index (χ2n) is 5.35. The molecular formula is C17H21NO. The highest BCUT2D eigenvalue weighted by molar-refractivity contribution is 5.83. The van der Waals surface area contributed by atoms with Gasteiger partial charge in [0.25, 0.3) is 0 Å². The van der Waals surface area contributed by atoms with Crippen molar-refractivity contribution in [2.75, 3.05) is 20.3 Å². The van der Waals surface area contributed by atoms with E-state index in [1.54, 1.807) is 0 Å². The Balaban J connectivity index is 1.91. The van der Waals surface area contributed by atoms with E-state index in [0.717, 1.165) is 13.2 Å². The lowest BCUT2D eigenvalue weighted by atomic mass is 9.88. The highest BCUT2D eigenvalue weighted by Crippen LogP contribution is 2.30. The number of rotatable bonds is 3. The molecule has 2 unspecified atom stereocenters. The van der Waals surface area contributed by atoms with Gasteiger partial charge in [0.15, 0.2) is 0 Å². The molecule has 0 bridgehead atoms. The summed E-state index contributed by atoms with van der Waals surface area (Å²) in [5.41, 5.74) is 1.37. The minimum atomic E-state index is 0.393. The molecule has 2 aromatic rings. The van der Waals surface area contributed by atoms with Gasteiger partial charge in [-0.3, -0.25) is 0 Å². The van der Waals surface area contributed by atoms with Crippen LogP contribution in [0.3, 0.4) is 0 Å². The Bertz CT molecular complexity index is 546. The van der Waals surface area contributed by atoms with Crippen molar-refractivity contribution >= 4 is 10.8 Å². The lowest BCUT2D eigenvalue weighted by Crippen LogP contribution is -2.31. The van der Waals surface area contributed by atoms with E-state index in [1.807, 2.05) is 0 Å². The van der Waals surface area contributed by atoms with Gasteiger partial charge in [0.05, 0.1) is 6.61 Å². The average molecular weight is 255 g/mol. The lowest BCUT2D eigenvalue weighted by molar-refractivity contribution is 0.0402. The third-order valence-corrected chi connectivity index (χ3v) is 4.11. The van der Waals surface area contributed by atoms with Crippen LogP contribution in [0.2, 0.25) is 0 Å². The number of nitrogens with one attached hydrogen (secondary N) is 1. The van der Waals surface area contributed by atoms with Crippen LogP contribution in [-0.2, 0) is 4.74 Å². The quantitative estimate of drug-likeness (QED) is 0.906. The van der Waals surface area contributed by atoms with Crippen molar-refractivity contribution in [3.05, 3.63) is 48.0 Å². The number of ether oxygens (including phenoxy) is 1. The Labute approximate surface area is 114 Å². The summed E-state index contributed by atoms with van der Waals surface area (Å²) in [4.78, 5) is 0. The Morgan fingerprint density at radius 1 is 1.16 bits per heavy atom. The molecule has 1 heterocycles. The minimum absolute atomic E-state index is 0.393. The molecule has 2 atom stereocenters. The van der Waals surface area contributed by atoms with Crippen molar-refractivity contribution in [3.8, 4) is 0 Å². The maximum atomic E-state index is 5.63. The first kappa shape index (κ1) is 12.6. The van der Waals surface area contributed by atoms with E-state index < -0.39 is 0 Å². The summed E-state index contributed by atoms with van der Waals surface area (Å²) in [6.07, 6.45) is 2.43. The van der Waals surface area contributed by atoms with Gasteiger partial charge in [-0.25, -0.2) is 0 Å². The van der Waals surface area contributed by atoms with Gasteiger partial charge >= 0.3 is 0 Å². The fourth-order valence-electron chi connectivity index (χ4n) is 3.10. The van der Waals surface area contributed by atoms with Gasteiger partial charge < -0.3 is 10.1 Å². The summed E-state index contributed by atoms with van der Waals surface area (Å²) in [6, 6.07) is 15.7. The van der Waals surface area contributed by atoms with Gasteiger partial charge in [-0.05, 0) is 42.3 Å². The SMILES string of the molecule is CNC(c1ccc2ccccc2c1)C1CCCOC1. The molecule has 100 valence electrons. The predicted molar refractivity (Wildman–Crippen MR) is 79.3 cm³/mol. The number of benzene rings is 2. The number of hydrogen-bond acceptors (Lipinski definition) is 2. The summed E-state index contributed by atoms with van der Waals surface area (Å²) < 4.78 is 5.63. The third-order valence-electron chi connectivity index (χ3n) is 4.11. The largest absolute Gasteiger partial charge is 0.381 e. The Morgan fingerprint density at radius 3 is 2.74 bits per heavy atom. The molecule has 1 fully saturated rings. The number of hydrogen-bond donors (Lipinski definition) is 1. The summed E-state index contributed by atoms with van der Waals surface area (Å²) in [5, 5.41) is 6.10. The van der Waals surface area contributed by atoms with Crippen molar-refractivity contribution in [1.29, 1.82) is 0 Å². The second kappa shape index (κ2) is 5.72. The van der Waals surface area contributed by atoms with Crippen LogP contribution in [0.4, 0.5) is 0 Å². The van der Waals surface area contributed by atoms with Gasteiger partial charge in [-0.15, -0.1) is 0 Å². The highest BCUT2D eigenvalue weighted by atomic mass is 16.5. The zero-order valence-electron chi connectivity index (χ0n) is 11.4. The second-order valence-corrected chi connectivity index (χ2v) is 5.35. The molecule has 1 N–H and O–H groups in total. The van der Waals surface area contributed by atoms with E-state index in [4.69, 9.17) is 4.74 Å².